The number of rotatable bonds is 5. The van der Waals surface area contributed by atoms with Gasteiger partial charge in [-0.05, 0) is 23.3 Å². The number of allylic oxidation sites excluding steroid dienone is 1. The first kappa shape index (κ1) is 17.6. The average Bonchev–Trinajstić information content (AvgIpc) is 2.86. The molecular weight excluding hydrogens is 357 g/mol. The molecule has 0 saturated carbocycles. The molecule has 5 heteroatoms. The monoisotopic (exact) mass is 373 g/mol. The van der Waals surface area contributed by atoms with Crippen molar-refractivity contribution >= 4 is 29.1 Å². The number of benzene rings is 2. The Morgan fingerprint density at radius 3 is 2.36 bits per heavy atom. The van der Waals surface area contributed by atoms with Gasteiger partial charge in [0.2, 0.25) is 0 Å². The number of hydrogen-bond donors (Lipinski definition) is 0. The molecule has 0 bridgehead atoms. The minimum absolute atomic E-state index is 0.127. The highest BCUT2D eigenvalue weighted by Crippen LogP contribution is 2.42. The van der Waals surface area contributed by atoms with Crippen molar-refractivity contribution in [2.75, 3.05) is 7.11 Å². The first-order valence-electron chi connectivity index (χ1n) is 7.75. The molecule has 1 heterocycles. The van der Waals surface area contributed by atoms with Gasteiger partial charge in [-0.15, -0.1) is 11.6 Å². The van der Waals surface area contributed by atoms with E-state index in [-0.39, 0.29) is 10.9 Å². The summed E-state index contributed by atoms with van der Waals surface area (Å²) in [6, 6.07) is 17.0. The lowest BCUT2D eigenvalue weighted by atomic mass is 10.0. The SMILES string of the molecule is C=C1C(C(Cl)c2ccccc2)=C(Cl)C(=O)N1Cc1ccc(OC)cc1. The smallest absolute Gasteiger partial charge is 0.270 e. The topological polar surface area (TPSA) is 29.5 Å². The number of carbonyl (C=O) groups excluding carboxylic acids is 1. The summed E-state index contributed by atoms with van der Waals surface area (Å²) >= 11 is 12.9. The first-order valence-corrected chi connectivity index (χ1v) is 8.57. The Morgan fingerprint density at radius 2 is 1.76 bits per heavy atom. The van der Waals surface area contributed by atoms with Crippen molar-refractivity contribution in [3.05, 3.63) is 88.6 Å². The van der Waals surface area contributed by atoms with Gasteiger partial charge in [-0.2, -0.15) is 0 Å². The van der Waals surface area contributed by atoms with Gasteiger partial charge in [0.15, 0.2) is 0 Å². The van der Waals surface area contributed by atoms with E-state index in [9.17, 15) is 4.79 Å². The zero-order valence-electron chi connectivity index (χ0n) is 13.7. The summed E-state index contributed by atoms with van der Waals surface area (Å²) < 4.78 is 5.15. The number of methoxy groups -OCH3 is 1. The number of carbonyl (C=O) groups is 1. The third-order valence-electron chi connectivity index (χ3n) is 4.15. The van der Waals surface area contributed by atoms with E-state index >= 15 is 0 Å². The fourth-order valence-corrected chi connectivity index (χ4v) is 3.51. The van der Waals surface area contributed by atoms with Gasteiger partial charge in [0.1, 0.15) is 10.8 Å². The van der Waals surface area contributed by atoms with Crippen LogP contribution in [0.4, 0.5) is 0 Å². The highest BCUT2D eigenvalue weighted by atomic mass is 35.5. The van der Waals surface area contributed by atoms with Crippen molar-refractivity contribution < 1.29 is 9.53 Å². The normalized spacial score (nSPS) is 15.7. The molecule has 0 fully saturated rings. The maximum absolute atomic E-state index is 12.6. The Kier molecular flexibility index (Phi) is 5.16. The molecule has 0 aliphatic carbocycles. The zero-order valence-corrected chi connectivity index (χ0v) is 15.2. The molecule has 0 N–H and O–H groups in total. The summed E-state index contributed by atoms with van der Waals surface area (Å²) in [4.78, 5) is 14.1. The summed E-state index contributed by atoms with van der Waals surface area (Å²) in [6.07, 6.45) is 0. The molecule has 0 aromatic heterocycles. The average molecular weight is 374 g/mol. The predicted molar refractivity (Wildman–Crippen MR) is 101 cm³/mol. The van der Waals surface area contributed by atoms with Gasteiger partial charge >= 0.3 is 0 Å². The van der Waals surface area contributed by atoms with Gasteiger partial charge in [-0.1, -0.05) is 60.6 Å². The number of nitrogens with zero attached hydrogens (tertiary/aromatic N) is 1. The second kappa shape index (κ2) is 7.34. The summed E-state index contributed by atoms with van der Waals surface area (Å²) in [6.45, 7) is 4.42. The van der Waals surface area contributed by atoms with Crippen LogP contribution in [0.15, 0.2) is 77.5 Å². The lowest BCUT2D eigenvalue weighted by Crippen LogP contribution is -2.24. The summed E-state index contributed by atoms with van der Waals surface area (Å²) in [5.41, 5.74) is 2.92. The highest BCUT2D eigenvalue weighted by molar-refractivity contribution is 6.44. The molecule has 3 nitrogen and oxygen atoms in total. The van der Waals surface area contributed by atoms with Crippen LogP contribution in [0.5, 0.6) is 5.75 Å². The minimum Gasteiger partial charge on any atom is -0.497 e. The summed E-state index contributed by atoms with van der Waals surface area (Å²) in [5, 5.41) is -0.395. The molecule has 3 rings (SSSR count). The molecule has 1 atom stereocenters. The van der Waals surface area contributed by atoms with Crippen LogP contribution in [0.3, 0.4) is 0 Å². The number of ether oxygens (including phenoxy) is 1. The van der Waals surface area contributed by atoms with E-state index in [1.165, 1.54) is 0 Å². The lowest BCUT2D eigenvalue weighted by molar-refractivity contribution is -0.124. The molecule has 1 aliphatic rings. The van der Waals surface area contributed by atoms with Gasteiger partial charge in [-0.3, -0.25) is 4.79 Å². The molecule has 1 unspecified atom stereocenters. The van der Waals surface area contributed by atoms with Crippen molar-refractivity contribution in [3.63, 3.8) is 0 Å². The fraction of sp³-hybridized carbons (Fsp3) is 0.150. The maximum atomic E-state index is 12.6. The Bertz CT molecular complexity index is 829. The van der Waals surface area contributed by atoms with Crippen molar-refractivity contribution in [1.29, 1.82) is 0 Å². The molecule has 1 amide bonds. The van der Waals surface area contributed by atoms with Crippen molar-refractivity contribution in [1.82, 2.24) is 4.90 Å². The predicted octanol–water partition coefficient (Wildman–Crippen LogP) is 5.02. The fourth-order valence-electron chi connectivity index (χ4n) is 2.76. The molecule has 2 aromatic carbocycles. The van der Waals surface area contributed by atoms with Crippen LogP contribution in [0.2, 0.25) is 0 Å². The van der Waals surface area contributed by atoms with Crippen molar-refractivity contribution in [2.45, 2.75) is 11.9 Å². The molecule has 25 heavy (non-hydrogen) atoms. The molecule has 128 valence electrons. The molecule has 0 spiro atoms. The molecule has 0 radical (unpaired) electrons. The summed E-state index contributed by atoms with van der Waals surface area (Å²) in [5.74, 6) is 0.483. The quantitative estimate of drug-likeness (QED) is 0.688. The third kappa shape index (κ3) is 3.44. The Balaban J connectivity index is 1.83. The van der Waals surface area contributed by atoms with E-state index in [0.29, 0.717) is 17.8 Å². The van der Waals surface area contributed by atoms with Crippen LogP contribution in [0.1, 0.15) is 16.5 Å². The Labute approximate surface area is 157 Å². The van der Waals surface area contributed by atoms with Crippen LogP contribution in [-0.4, -0.2) is 17.9 Å². The van der Waals surface area contributed by atoms with Crippen LogP contribution >= 0.6 is 23.2 Å². The Morgan fingerprint density at radius 1 is 1.12 bits per heavy atom. The van der Waals surface area contributed by atoms with Crippen molar-refractivity contribution in [2.24, 2.45) is 0 Å². The van der Waals surface area contributed by atoms with E-state index < -0.39 is 5.38 Å². The molecular formula is C20H17Cl2NO2. The number of alkyl halides is 1. The van der Waals surface area contributed by atoms with E-state index in [4.69, 9.17) is 27.9 Å². The van der Waals surface area contributed by atoms with E-state index in [0.717, 1.165) is 16.9 Å². The van der Waals surface area contributed by atoms with E-state index in [1.807, 2.05) is 54.6 Å². The minimum atomic E-state index is -0.522. The second-order valence-corrected chi connectivity index (χ2v) is 6.50. The zero-order chi connectivity index (χ0) is 18.0. The van der Waals surface area contributed by atoms with Gasteiger partial charge < -0.3 is 9.64 Å². The number of hydrogen-bond acceptors (Lipinski definition) is 2. The molecule has 0 saturated heterocycles. The standard InChI is InChI=1S/C20H17Cl2NO2/c1-13-17(18(21)15-6-4-3-5-7-15)19(22)20(24)23(13)12-14-8-10-16(25-2)11-9-14/h3-11,18H,1,12H2,2H3. The van der Waals surface area contributed by atoms with Gasteiger partial charge in [0.25, 0.3) is 5.91 Å². The van der Waals surface area contributed by atoms with Gasteiger partial charge in [0.05, 0.1) is 19.0 Å². The number of amides is 1. The van der Waals surface area contributed by atoms with Crippen LogP contribution < -0.4 is 4.74 Å². The van der Waals surface area contributed by atoms with Gasteiger partial charge in [0, 0.05) is 11.3 Å². The van der Waals surface area contributed by atoms with Crippen molar-refractivity contribution in [3.8, 4) is 5.75 Å². The first-order chi connectivity index (χ1) is 12.0. The van der Waals surface area contributed by atoms with Crippen LogP contribution in [0, 0.1) is 0 Å². The van der Waals surface area contributed by atoms with Gasteiger partial charge in [-0.25, -0.2) is 0 Å². The lowest BCUT2D eigenvalue weighted by Gasteiger charge is -2.20. The van der Waals surface area contributed by atoms with Crippen LogP contribution in [0.25, 0.3) is 0 Å². The number of halogens is 2. The molecule has 2 aromatic rings. The summed E-state index contributed by atoms with van der Waals surface area (Å²) in [7, 11) is 1.61. The Hall–Kier alpha value is -2.23. The maximum Gasteiger partial charge on any atom is 0.270 e. The van der Waals surface area contributed by atoms with E-state index in [2.05, 4.69) is 6.58 Å². The molecule has 1 aliphatic heterocycles. The highest BCUT2D eigenvalue weighted by Gasteiger charge is 2.36. The largest absolute Gasteiger partial charge is 0.497 e. The van der Waals surface area contributed by atoms with E-state index in [1.54, 1.807) is 12.0 Å². The van der Waals surface area contributed by atoms with Crippen LogP contribution in [-0.2, 0) is 11.3 Å². The third-order valence-corrected chi connectivity index (χ3v) is 4.99. The second-order valence-electron chi connectivity index (χ2n) is 5.69.